The van der Waals surface area contributed by atoms with E-state index in [1.807, 2.05) is 20.9 Å². The van der Waals surface area contributed by atoms with Crippen molar-refractivity contribution in [3.05, 3.63) is 50.8 Å². The largest absolute Gasteiger partial charge is 0.354 e. The molecule has 0 aliphatic rings. The maximum Gasteiger partial charge on any atom is 0.251 e. The van der Waals surface area contributed by atoms with Crippen LogP contribution in [0.25, 0.3) is 0 Å². The van der Waals surface area contributed by atoms with Gasteiger partial charge in [-0.2, -0.15) is 5.10 Å². The number of amides is 2. The normalized spacial score (nSPS) is 10.6. The van der Waals surface area contributed by atoms with Gasteiger partial charge in [-0.15, -0.1) is 0 Å². The van der Waals surface area contributed by atoms with Crippen molar-refractivity contribution < 1.29 is 9.59 Å². The number of carbonyl (C=O) groups is 2. The van der Waals surface area contributed by atoms with E-state index in [9.17, 15) is 9.59 Å². The third kappa shape index (κ3) is 4.96. The van der Waals surface area contributed by atoms with Crippen LogP contribution in [0.3, 0.4) is 0 Å². The number of hydrogen-bond donors (Lipinski definition) is 2. The lowest BCUT2D eigenvalue weighted by molar-refractivity contribution is -0.120. The Morgan fingerprint density at radius 2 is 1.80 bits per heavy atom. The number of aryl methyl sites for hydroxylation is 2. The van der Waals surface area contributed by atoms with Gasteiger partial charge in [-0.3, -0.25) is 14.3 Å². The van der Waals surface area contributed by atoms with E-state index in [0.717, 1.165) is 17.0 Å². The second-order valence-electron chi connectivity index (χ2n) is 5.68. The summed E-state index contributed by atoms with van der Waals surface area (Å²) in [5, 5.41) is 10.5. The van der Waals surface area contributed by atoms with E-state index in [1.54, 1.807) is 16.8 Å². The van der Waals surface area contributed by atoms with Crippen molar-refractivity contribution in [3.63, 3.8) is 0 Å². The van der Waals surface area contributed by atoms with Gasteiger partial charge in [-0.05, 0) is 32.0 Å². The molecule has 134 valence electrons. The highest BCUT2D eigenvalue weighted by molar-refractivity contribution is 6.42. The van der Waals surface area contributed by atoms with Gasteiger partial charge in [0.2, 0.25) is 5.91 Å². The summed E-state index contributed by atoms with van der Waals surface area (Å²) in [6, 6.07) is 4.67. The molecule has 2 rings (SSSR count). The second-order valence-corrected chi connectivity index (χ2v) is 6.50. The van der Waals surface area contributed by atoms with Crippen molar-refractivity contribution in [1.29, 1.82) is 0 Å². The zero-order chi connectivity index (χ0) is 18.6. The highest BCUT2D eigenvalue weighted by atomic mass is 35.5. The van der Waals surface area contributed by atoms with Gasteiger partial charge in [0.15, 0.2) is 0 Å². The minimum absolute atomic E-state index is 0.108. The Morgan fingerprint density at radius 1 is 1.12 bits per heavy atom. The van der Waals surface area contributed by atoms with Crippen molar-refractivity contribution in [3.8, 4) is 0 Å². The Balaban J connectivity index is 1.77. The lowest BCUT2D eigenvalue weighted by Crippen LogP contribution is -2.35. The molecule has 6 nitrogen and oxygen atoms in total. The molecule has 0 radical (unpaired) electrons. The van der Waals surface area contributed by atoms with Crippen LogP contribution in [-0.4, -0.2) is 34.7 Å². The van der Waals surface area contributed by atoms with Crippen LogP contribution < -0.4 is 10.6 Å². The molecular weight excluding hydrogens is 363 g/mol. The van der Waals surface area contributed by atoms with Crippen LogP contribution in [0.2, 0.25) is 10.0 Å². The number of carbonyl (C=O) groups excluding carboxylic acids is 2. The molecule has 0 aliphatic heterocycles. The summed E-state index contributed by atoms with van der Waals surface area (Å²) in [5.41, 5.74) is 3.17. The summed E-state index contributed by atoms with van der Waals surface area (Å²) in [7, 11) is 1.85. The number of benzene rings is 1. The summed E-state index contributed by atoms with van der Waals surface area (Å²) >= 11 is 11.7. The number of halogens is 2. The fourth-order valence-electron chi connectivity index (χ4n) is 2.41. The summed E-state index contributed by atoms with van der Waals surface area (Å²) in [6.07, 6.45) is 0.270. The lowest BCUT2D eigenvalue weighted by atomic mass is 10.1. The molecule has 0 aliphatic carbocycles. The van der Waals surface area contributed by atoms with Crippen LogP contribution in [0.5, 0.6) is 0 Å². The zero-order valence-electron chi connectivity index (χ0n) is 14.3. The molecule has 1 aromatic carbocycles. The maximum absolute atomic E-state index is 12.0. The van der Waals surface area contributed by atoms with Gasteiger partial charge in [0, 0.05) is 37.0 Å². The van der Waals surface area contributed by atoms with Gasteiger partial charge in [-0.25, -0.2) is 0 Å². The first-order valence-corrected chi connectivity index (χ1v) is 8.54. The summed E-state index contributed by atoms with van der Waals surface area (Å²) in [5.74, 6) is -0.380. The number of nitrogens with zero attached hydrogens (tertiary/aromatic N) is 2. The van der Waals surface area contributed by atoms with Gasteiger partial charge >= 0.3 is 0 Å². The molecule has 2 N–H and O–H groups in total. The molecule has 0 fully saturated rings. The summed E-state index contributed by atoms with van der Waals surface area (Å²) in [6.45, 7) is 4.47. The van der Waals surface area contributed by atoms with Gasteiger partial charge in [0.25, 0.3) is 5.91 Å². The molecule has 0 bridgehead atoms. The van der Waals surface area contributed by atoms with Crippen LogP contribution >= 0.6 is 23.2 Å². The van der Waals surface area contributed by atoms with Crippen molar-refractivity contribution in [2.45, 2.75) is 20.3 Å². The highest BCUT2D eigenvalue weighted by Gasteiger charge is 2.13. The Hall–Kier alpha value is -2.05. The van der Waals surface area contributed by atoms with E-state index in [4.69, 9.17) is 23.2 Å². The van der Waals surface area contributed by atoms with Gasteiger partial charge in [0.1, 0.15) is 0 Å². The monoisotopic (exact) mass is 382 g/mol. The Kier molecular flexibility index (Phi) is 6.45. The lowest BCUT2D eigenvalue weighted by Gasteiger charge is -2.08. The summed E-state index contributed by atoms with van der Waals surface area (Å²) < 4.78 is 1.76. The molecule has 25 heavy (non-hydrogen) atoms. The van der Waals surface area contributed by atoms with Crippen molar-refractivity contribution in [2.24, 2.45) is 7.05 Å². The van der Waals surface area contributed by atoms with Crippen LogP contribution in [0.15, 0.2) is 18.2 Å². The second kappa shape index (κ2) is 8.36. The minimum atomic E-state index is -0.272. The van der Waals surface area contributed by atoms with Gasteiger partial charge < -0.3 is 10.6 Å². The number of aromatic nitrogens is 2. The molecule has 1 aromatic heterocycles. The third-order valence-electron chi connectivity index (χ3n) is 3.91. The molecule has 0 saturated carbocycles. The smallest absolute Gasteiger partial charge is 0.251 e. The van der Waals surface area contributed by atoms with Gasteiger partial charge in [-0.1, -0.05) is 23.2 Å². The van der Waals surface area contributed by atoms with Crippen molar-refractivity contribution in [2.75, 3.05) is 13.1 Å². The predicted octanol–water partition coefficient (Wildman–Crippen LogP) is 2.43. The SMILES string of the molecule is Cc1nn(C)c(C)c1CC(=O)NCCNC(=O)c1ccc(Cl)c(Cl)c1. The standard InChI is InChI=1S/C17H20Cl2N4O2/c1-10-13(11(2)23(3)22-10)9-16(24)20-6-7-21-17(25)12-4-5-14(18)15(19)8-12/h4-5,8H,6-7,9H2,1-3H3,(H,20,24)(H,21,25). The quantitative estimate of drug-likeness (QED) is 0.753. The first kappa shape index (κ1) is 19.3. The zero-order valence-corrected chi connectivity index (χ0v) is 15.8. The van der Waals surface area contributed by atoms with E-state index >= 15 is 0 Å². The van der Waals surface area contributed by atoms with Crippen LogP contribution in [-0.2, 0) is 18.3 Å². The van der Waals surface area contributed by atoms with Crippen LogP contribution in [0.4, 0.5) is 0 Å². The topological polar surface area (TPSA) is 76.0 Å². The van der Waals surface area contributed by atoms with Crippen LogP contribution in [0.1, 0.15) is 27.3 Å². The molecule has 0 unspecified atom stereocenters. The highest BCUT2D eigenvalue weighted by Crippen LogP contribution is 2.22. The minimum Gasteiger partial charge on any atom is -0.354 e. The van der Waals surface area contributed by atoms with E-state index in [2.05, 4.69) is 15.7 Å². The van der Waals surface area contributed by atoms with Crippen molar-refractivity contribution in [1.82, 2.24) is 20.4 Å². The molecule has 0 spiro atoms. The predicted molar refractivity (Wildman–Crippen MR) is 98.2 cm³/mol. The number of rotatable bonds is 6. The molecule has 2 aromatic rings. The van der Waals surface area contributed by atoms with Gasteiger partial charge in [0.05, 0.1) is 22.2 Å². The first-order valence-electron chi connectivity index (χ1n) is 7.78. The Labute approximate surface area is 156 Å². The Morgan fingerprint density at radius 3 is 2.40 bits per heavy atom. The molecule has 2 amide bonds. The molecule has 1 heterocycles. The number of hydrogen-bond acceptors (Lipinski definition) is 3. The summed E-state index contributed by atoms with van der Waals surface area (Å²) in [4.78, 5) is 24.0. The maximum atomic E-state index is 12.0. The first-order chi connectivity index (χ1) is 11.8. The Bertz CT molecular complexity index is 802. The average Bonchev–Trinajstić information content (AvgIpc) is 2.80. The van der Waals surface area contributed by atoms with E-state index < -0.39 is 0 Å². The third-order valence-corrected chi connectivity index (χ3v) is 4.65. The molecule has 8 heteroatoms. The number of nitrogens with one attached hydrogen (secondary N) is 2. The van der Waals surface area contributed by atoms with E-state index in [-0.39, 0.29) is 18.2 Å². The fraction of sp³-hybridized carbons (Fsp3) is 0.353. The van der Waals surface area contributed by atoms with E-state index in [0.29, 0.717) is 28.7 Å². The molecular formula is C17H20Cl2N4O2. The molecule has 0 saturated heterocycles. The van der Waals surface area contributed by atoms with Crippen molar-refractivity contribution >= 4 is 35.0 Å². The molecule has 0 atom stereocenters. The van der Waals surface area contributed by atoms with E-state index in [1.165, 1.54) is 6.07 Å². The fourth-order valence-corrected chi connectivity index (χ4v) is 2.71. The average molecular weight is 383 g/mol. The van der Waals surface area contributed by atoms with Crippen LogP contribution in [0, 0.1) is 13.8 Å².